The molecule has 1 aromatic heterocycles. The number of amides is 1. The van der Waals surface area contributed by atoms with Crippen molar-refractivity contribution in [1.82, 2.24) is 10.3 Å². The van der Waals surface area contributed by atoms with Crippen molar-refractivity contribution in [3.63, 3.8) is 0 Å². The smallest absolute Gasteiger partial charge is 0.221 e. The van der Waals surface area contributed by atoms with Gasteiger partial charge in [-0.25, -0.2) is 4.98 Å². The molecule has 6 heteroatoms. The number of rotatable bonds is 5. The number of carbonyl (C=O) groups is 1. The van der Waals surface area contributed by atoms with Crippen LogP contribution in [-0.2, 0) is 16.6 Å². The first kappa shape index (κ1) is 18.0. The number of hydrogen-bond acceptors (Lipinski definition) is 4. The van der Waals surface area contributed by atoms with Crippen LogP contribution >= 0.6 is 11.6 Å². The van der Waals surface area contributed by atoms with Crippen LogP contribution in [0, 0.1) is 11.3 Å². The molecular formula is C18H20ClN3O2. The predicted octanol–water partition coefficient (Wildman–Crippen LogP) is 3.94. The Hall–Kier alpha value is -2.32. The van der Waals surface area contributed by atoms with Crippen LogP contribution < -0.4 is 5.32 Å². The van der Waals surface area contributed by atoms with E-state index in [0.717, 1.165) is 5.76 Å². The number of nitriles is 1. The van der Waals surface area contributed by atoms with Gasteiger partial charge in [0.2, 0.25) is 5.91 Å². The number of oxazole rings is 1. The number of aromatic nitrogens is 1. The maximum atomic E-state index is 12.1. The molecule has 0 unspecified atom stereocenters. The lowest BCUT2D eigenvalue weighted by atomic mass is 9.94. The van der Waals surface area contributed by atoms with Crippen molar-refractivity contribution in [3.8, 4) is 6.07 Å². The second-order valence-corrected chi connectivity index (χ2v) is 6.93. The van der Waals surface area contributed by atoms with Crippen LogP contribution in [0.3, 0.4) is 0 Å². The third-order valence-corrected chi connectivity index (χ3v) is 3.85. The molecule has 5 nitrogen and oxygen atoms in total. The van der Waals surface area contributed by atoms with Crippen LogP contribution in [0.5, 0.6) is 0 Å². The molecular weight excluding hydrogens is 326 g/mol. The predicted molar refractivity (Wildman–Crippen MR) is 91.5 cm³/mol. The maximum absolute atomic E-state index is 12.1. The van der Waals surface area contributed by atoms with E-state index in [4.69, 9.17) is 16.0 Å². The average Bonchev–Trinajstić information content (AvgIpc) is 3.00. The van der Waals surface area contributed by atoms with E-state index in [1.165, 1.54) is 0 Å². The summed E-state index contributed by atoms with van der Waals surface area (Å²) in [6, 6.07) is 8.24. The Morgan fingerprint density at radius 3 is 2.71 bits per heavy atom. The van der Waals surface area contributed by atoms with E-state index in [1.807, 2.05) is 20.8 Å². The van der Waals surface area contributed by atoms with E-state index >= 15 is 0 Å². The van der Waals surface area contributed by atoms with Crippen molar-refractivity contribution < 1.29 is 9.21 Å². The van der Waals surface area contributed by atoms with Gasteiger partial charge in [0.15, 0.2) is 5.89 Å². The second kappa shape index (κ2) is 7.50. The number of nitrogens with one attached hydrogen (secondary N) is 1. The highest BCUT2D eigenvalue weighted by atomic mass is 35.5. The molecule has 1 amide bonds. The quantitative estimate of drug-likeness (QED) is 0.890. The van der Waals surface area contributed by atoms with Gasteiger partial charge in [-0.2, -0.15) is 5.26 Å². The topological polar surface area (TPSA) is 78.9 Å². The highest BCUT2D eigenvalue weighted by molar-refractivity contribution is 6.31. The second-order valence-electron chi connectivity index (χ2n) is 6.52. The van der Waals surface area contributed by atoms with Crippen molar-refractivity contribution in [2.75, 3.05) is 0 Å². The van der Waals surface area contributed by atoms with Crippen molar-refractivity contribution in [2.24, 2.45) is 0 Å². The molecule has 1 heterocycles. The standard InChI is InChI=1S/C18H20ClN3O2/c1-18(2,3)15-11-21-17(24-15)9-8-16(23)22-14(10-20)12-6-4-5-7-13(12)19/h4-7,11,14H,8-9H2,1-3H3,(H,22,23)/t14-/m0/s1. The zero-order chi connectivity index (χ0) is 17.7. The third-order valence-electron chi connectivity index (χ3n) is 3.51. The highest BCUT2D eigenvalue weighted by Gasteiger charge is 2.20. The molecule has 0 fully saturated rings. The first-order chi connectivity index (χ1) is 11.3. The van der Waals surface area contributed by atoms with Crippen LogP contribution in [0.15, 0.2) is 34.9 Å². The number of hydrogen-bond donors (Lipinski definition) is 1. The Bertz CT molecular complexity index is 756. The van der Waals surface area contributed by atoms with E-state index < -0.39 is 6.04 Å². The lowest BCUT2D eigenvalue weighted by Gasteiger charge is -2.13. The van der Waals surface area contributed by atoms with Gasteiger partial charge in [-0.15, -0.1) is 0 Å². The summed E-state index contributed by atoms with van der Waals surface area (Å²) < 4.78 is 5.66. The molecule has 0 spiro atoms. The van der Waals surface area contributed by atoms with Gasteiger partial charge in [0.05, 0.1) is 12.3 Å². The molecule has 2 aromatic rings. The van der Waals surface area contributed by atoms with Gasteiger partial charge in [-0.3, -0.25) is 4.79 Å². The van der Waals surface area contributed by atoms with Gasteiger partial charge in [-0.05, 0) is 6.07 Å². The molecule has 0 aliphatic carbocycles. The van der Waals surface area contributed by atoms with Crippen molar-refractivity contribution >= 4 is 17.5 Å². The largest absolute Gasteiger partial charge is 0.445 e. The lowest BCUT2D eigenvalue weighted by Crippen LogP contribution is -2.28. The normalized spacial score (nSPS) is 12.5. The van der Waals surface area contributed by atoms with Gasteiger partial charge in [0.25, 0.3) is 0 Å². The number of halogens is 1. The summed E-state index contributed by atoms with van der Waals surface area (Å²) in [6.07, 6.45) is 2.25. The third kappa shape index (κ3) is 4.59. The molecule has 0 aliphatic heterocycles. The minimum atomic E-state index is -0.777. The Morgan fingerprint density at radius 2 is 2.12 bits per heavy atom. The molecule has 1 aromatic carbocycles. The van der Waals surface area contributed by atoms with Gasteiger partial charge >= 0.3 is 0 Å². The molecule has 0 saturated carbocycles. The molecule has 126 valence electrons. The molecule has 1 atom stereocenters. The van der Waals surface area contributed by atoms with Crippen molar-refractivity contribution in [3.05, 3.63) is 52.7 Å². The Balaban J connectivity index is 1.94. The number of nitrogens with zero attached hydrogens (tertiary/aromatic N) is 2. The van der Waals surface area contributed by atoms with E-state index in [0.29, 0.717) is 22.9 Å². The zero-order valence-electron chi connectivity index (χ0n) is 14.0. The van der Waals surface area contributed by atoms with E-state index in [1.54, 1.807) is 30.5 Å². The monoisotopic (exact) mass is 345 g/mol. The summed E-state index contributed by atoms with van der Waals surface area (Å²) in [4.78, 5) is 16.3. The van der Waals surface area contributed by atoms with Gasteiger partial charge in [-0.1, -0.05) is 50.6 Å². The number of aryl methyl sites for hydroxylation is 1. The molecule has 2 rings (SSSR count). The Morgan fingerprint density at radius 1 is 1.42 bits per heavy atom. The molecule has 0 saturated heterocycles. The Kier molecular flexibility index (Phi) is 5.63. The van der Waals surface area contributed by atoms with Crippen LogP contribution in [-0.4, -0.2) is 10.9 Å². The van der Waals surface area contributed by atoms with Crippen LogP contribution in [0.2, 0.25) is 5.02 Å². The van der Waals surface area contributed by atoms with Crippen molar-refractivity contribution in [1.29, 1.82) is 5.26 Å². The van der Waals surface area contributed by atoms with E-state index in [-0.39, 0.29) is 17.7 Å². The highest BCUT2D eigenvalue weighted by Crippen LogP contribution is 2.24. The number of benzene rings is 1. The Labute approximate surface area is 146 Å². The zero-order valence-corrected chi connectivity index (χ0v) is 14.7. The lowest BCUT2D eigenvalue weighted by molar-refractivity contribution is -0.121. The molecule has 0 aliphatic rings. The minimum Gasteiger partial charge on any atom is -0.445 e. The number of carbonyl (C=O) groups excluding carboxylic acids is 1. The van der Waals surface area contributed by atoms with Crippen molar-refractivity contribution in [2.45, 2.75) is 45.1 Å². The summed E-state index contributed by atoms with van der Waals surface area (Å²) in [6.45, 7) is 6.10. The fourth-order valence-electron chi connectivity index (χ4n) is 2.11. The molecule has 0 bridgehead atoms. The summed E-state index contributed by atoms with van der Waals surface area (Å²) in [7, 11) is 0. The fourth-order valence-corrected chi connectivity index (χ4v) is 2.36. The summed E-state index contributed by atoms with van der Waals surface area (Å²) in [5.74, 6) is 1.04. The summed E-state index contributed by atoms with van der Waals surface area (Å²) in [5, 5.41) is 12.4. The van der Waals surface area contributed by atoms with Crippen LogP contribution in [0.1, 0.15) is 50.4 Å². The van der Waals surface area contributed by atoms with Crippen LogP contribution in [0.4, 0.5) is 0 Å². The fraction of sp³-hybridized carbons (Fsp3) is 0.389. The SMILES string of the molecule is CC(C)(C)c1cnc(CCC(=O)N[C@@H](C#N)c2ccccc2Cl)o1. The average molecular weight is 346 g/mol. The molecule has 0 radical (unpaired) electrons. The summed E-state index contributed by atoms with van der Waals surface area (Å²) in [5.41, 5.74) is 0.463. The molecule has 1 N–H and O–H groups in total. The first-order valence-corrected chi connectivity index (χ1v) is 8.07. The summed E-state index contributed by atoms with van der Waals surface area (Å²) >= 11 is 6.07. The van der Waals surface area contributed by atoms with Gasteiger partial charge in [0, 0.05) is 28.8 Å². The van der Waals surface area contributed by atoms with Crippen LogP contribution in [0.25, 0.3) is 0 Å². The molecule has 24 heavy (non-hydrogen) atoms. The van der Waals surface area contributed by atoms with Gasteiger partial charge < -0.3 is 9.73 Å². The van der Waals surface area contributed by atoms with Gasteiger partial charge in [0.1, 0.15) is 11.8 Å². The maximum Gasteiger partial charge on any atom is 0.221 e. The minimum absolute atomic E-state index is 0.122. The van der Waals surface area contributed by atoms with E-state index in [2.05, 4.69) is 16.4 Å². The first-order valence-electron chi connectivity index (χ1n) is 7.70. The van der Waals surface area contributed by atoms with E-state index in [9.17, 15) is 10.1 Å².